The first-order valence-electron chi connectivity index (χ1n) is 8.55. The van der Waals surface area contributed by atoms with Gasteiger partial charge in [0.15, 0.2) is 0 Å². The van der Waals surface area contributed by atoms with Crippen molar-refractivity contribution in [2.24, 2.45) is 0 Å². The number of sulfonamides is 1. The summed E-state index contributed by atoms with van der Waals surface area (Å²) in [4.78, 5) is 4.36. The van der Waals surface area contributed by atoms with Gasteiger partial charge in [-0.05, 0) is 61.4 Å². The summed E-state index contributed by atoms with van der Waals surface area (Å²) in [7, 11) is -2.21. The van der Waals surface area contributed by atoms with Gasteiger partial charge < -0.3 is 4.74 Å². The summed E-state index contributed by atoms with van der Waals surface area (Å²) in [5.41, 5.74) is 3.13. The Balaban J connectivity index is 2.09. The fourth-order valence-electron chi connectivity index (χ4n) is 2.84. The average molecular weight is 382 g/mol. The van der Waals surface area contributed by atoms with Crippen molar-refractivity contribution in [3.8, 4) is 5.75 Å². The minimum absolute atomic E-state index is 0.199. The summed E-state index contributed by atoms with van der Waals surface area (Å²) < 4.78 is 33.6. The monoisotopic (exact) mass is 382 g/mol. The van der Waals surface area contributed by atoms with Gasteiger partial charge in [0.1, 0.15) is 5.75 Å². The quantitative estimate of drug-likeness (QED) is 0.644. The minimum atomic E-state index is -3.77. The molecule has 3 aromatic rings. The second-order valence-electron chi connectivity index (χ2n) is 6.34. The molecular formula is C21H22N2O3S. The molecule has 0 bridgehead atoms. The van der Waals surface area contributed by atoms with Crippen molar-refractivity contribution in [3.63, 3.8) is 0 Å². The van der Waals surface area contributed by atoms with E-state index in [2.05, 4.69) is 4.98 Å². The number of anilines is 1. The Morgan fingerprint density at radius 2 is 1.78 bits per heavy atom. The van der Waals surface area contributed by atoms with Crippen LogP contribution in [0.1, 0.15) is 16.7 Å². The van der Waals surface area contributed by atoms with Gasteiger partial charge in [-0.1, -0.05) is 23.8 Å². The normalized spacial score (nSPS) is 11.2. The number of ether oxygens (including phenoxy) is 1. The molecule has 0 aliphatic heterocycles. The summed E-state index contributed by atoms with van der Waals surface area (Å²) in [5, 5.41) is 0. The van der Waals surface area contributed by atoms with Gasteiger partial charge in [-0.3, -0.25) is 9.29 Å². The molecule has 0 unspecified atom stereocenters. The van der Waals surface area contributed by atoms with Gasteiger partial charge in [0.2, 0.25) is 0 Å². The first-order chi connectivity index (χ1) is 12.9. The molecule has 27 heavy (non-hydrogen) atoms. The maximum Gasteiger partial charge on any atom is 0.264 e. The van der Waals surface area contributed by atoms with E-state index >= 15 is 0 Å². The summed E-state index contributed by atoms with van der Waals surface area (Å²) in [5.74, 6) is 0.626. The lowest BCUT2D eigenvalue weighted by Crippen LogP contribution is -2.31. The molecule has 0 saturated heterocycles. The van der Waals surface area contributed by atoms with Crippen molar-refractivity contribution in [1.82, 2.24) is 4.98 Å². The van der Waals surface area contributed by atoms with Crippen molar-refractivity contribution in [2.75, 3.05) is 11.4 Å². The Morgan fingerprint density at radius 1 is 1.04 bits per heavy atom. The molecule has 1 aromatic heterocycles. The SMILES string of the molecule is COc1ccc(S(=O)(=O)N(Cc2cccnc2)c2ccc(C)cc2)c(C)c1. The number of nitrogens with zero attached hydrogens (tertiary/aromatic N) is 2. The molecule has 0 amide bonds. The van der Waals surface area contributed by atoms with E-state index in [0.717, 1.165) is 11.1 Å². The summed E-state index contributed by atoms with van der Waals surface area (Å²) in [6, 6.07) is 16.1. The van der Waals surface area contributed by atoms with Crippen molar-refractivity contribution in [1.29, 1.82) is 0 Å². The third-order valence-corrected chi connectivity index (χ3v) is 6.26. The Hall–Kier alpha value is -2.86. The zero-order chi connectivity index (χ0) is 19.4. The Morgan fingerprint density at radius 3 is 2.37 bits per heavy atom. The number of methoxy groups -OCH3 is 1. The highest BCUT2D eigenvalue weighted by molar-refractivity contribution is 7.92. The largest absolute Gasteiger partial charge is 0.497 e. The van der Waals surface area contributed by atoms with Gasteiger partial charge in [0.05, 0.1) is 24.2 Å². The van der Waals surface area contributed by atoms with E-state index in [1.54, 1.807) is 50.7 Å². The van der Waals surface area contributed by atoms with Gasteiger partial charge in [0, 0.05) is 12.4 Å². The molecule has 0 spiro atoms. The number of pyridine rings is 1. The number of aromatic nitrogens is 1. The number of benzene rings is 2. The topological polar surface area (TPSA) is 59.5 Å². The molecule has 0 atom stereocenters. The third-order valence-electron chi connectivity index (χ3n) is 4.32. The lowest BCUT2D eigenvalue weighted by Gasteiger charge is -2.25. The second kappa shape index (κ2) is 7.80. The molecule has 0 aliphatic rings. The van der Waals surface area contributed by atoms with Crippen LogP contribution in [0.25, 0.3) is 0 Å². The first-order valence-corrected chi connectivity index (χ1v) is 9.99. The van der Waals surface area contributed by atoms with E-state index < -0.39 is 10.0 Å². The number of hydrogen-bond acceptors (Lipinski definition) is 4. The van der Waals surface area contributed by atoms with Crippen LogP contribution in [0.2, 0.25) is 0 Å². The van der Waals surface area contributed by atoms with Crippen molar-refractivity contribution in [3.05, 3.63) is 83.7 Å². The highest BCUT2D eigenvalue weighted by atomic mass is 32.2. The Labute approximate surface area is 160 Å². The fourth-order valence-corrected chi connectivity index (χ4v) is 4.50. The molecule has 0 radical (unpaired) electrons. The molecule has 0 N–H and O–H groups in total. The highest BCUT2D eigenvalue weighted by Gasteiger charge is 2.27. The van der Waals surface area contributed by atoms with Crippen LogP contribution in [0.15, 0.2) is 71.9 Å². The molecule has 3 rings (SSSR count). The summed E-state index contributed by atoms with van der Waals surface area (Å²) in [6.07, 6.45) is 3.35. The lowest BCUT2D eigenvalue weighted by molar-refractivity contribution is 0.414. The molecule has 6 heteroatoms. The van der Waals surface area contributed by atoms with Crippen LogP contribution >= 0.6 is 0 Å². The smallest absolute Gasteiger partial charge is 0.264 e. The maximum atomic E-state index is 13.5. The van der Waals surface area contributed by atoms with Gasteiger partial charge >= 0.3 is 0 Å². The standard InChI is InChI=1S/C21H22N2O3S/c1-16-6-8-19(9-7-16)23(15-18-5-4-12-22-14-18)27(24,25)21-11-10-20(26-3)13-17(21)2/h4-14H,15H2,1-3H3. The van der Waals surface area contributed by atoms with Gasteiger partial charge in [0.25, 0.3) is 10.0 Å². The second-order valence-corrected chi connectivity index (χ2v) is 8.17. The van der Waals surface area contributed by atoms with Crippen LogP contribution in [-0.4, -0.2) is 20.5 Å². The number of rotatable bonds is 6. The Bertz CT molecular complexity index is 1020. The summed E-state index contributed by atoms with van der Waals surface area (Å²) in [6.45, 7) is 3.94. The maximum absolute atomic E-state index is 13.5. The predicted octanol–water partition coefficient (Wildman–Crippen LogP) is 4.10. The average Bonchev–Trinajstić information content (AvgIpc) is 2.67. The predicted molar refractivity (Wildman–Crippen MR) is 107 cm³/mol. The first kappa shape index (κ1) is 18.9. The van der Waals surface area contributed by atoms with E-state index in [9.17, 15) is 8.42 Å². The Kier molecular flexibility index (Phi) is 5.46. The van der Waals surface area contributed by atoms with E-state index in [-0.39, 0.29) is 11.4 Å². The zero-order valence-corrected chi connectivity index (χ0v) is 16.4. The molecule has 2 aromatic carbocycles. The number of hydrogen-bond donors (Lipinski definition) is 0. The van der Waals surface area contributed by atoms with Crippen molar-refractivity contribution >= 4 is 15.7 Å². The molecular weight excluding hydrogens is 360 g/mol. The van der Waals surface area contributed by atoms with E-state index in [4.69, 9.17) is 4.74 Å². The molecule has 0 saturated carbocycles. The fraction of sp³-hybridized carbons (Fsp3) is 0.190. The molecule has 0 aliphatic carbocycles. The van der Waals surface area contributed by atoms with Crippen LogP contribution in [0, 0.1) is 13.8 Å². The van der Waals surface area contributed by atoms with Crippen molar-refractivity contribution in [2.45, 2.75) is 25.3 Å². The van der Waals surface area contributed by atoms with Crippen LogP contribution in [0.3, 0.4) is 0 Å². The van der Waals surface area contributed by atoms with Crippen molar-refractivity contribution < 1.29 is 13.2 Å². The molecule has 0 fully saturated rings. The highest BCUT2D eigenvalue weighted by Crippen LogP contribution is 2.29. The van der Waals surface area contributed by atoms with E-state index in [0.29, 0.717) is 17.0 Å². The van der Waals surface area contributed by atoms with Gasteiger partial charge in [-0.2, -0.15) is 0 Å². The van der Waals surface area contributed by atoms with E-state index in [1.165, 1.54) is 4.31 Å². The minimum Gasteiger partial charge on any atom is -0.497 e. The number of aryl methyl sites for hydroxylation is 2. The lowest BCUT2D eigenvalue weighted by atomic mass is 10.2. The van der Waals surface area contributed by atoms with Gasteiger partial charge in [-0.25, -0.2) is 8.42 Å². The van der Waals surface area contributed by atoms with Crippen LogP contribution in [0.5, 0.6) is 5.75 Å². The van der Waals surface area contributed by atoms with Crippen LogP contribution < -0.4 is 9.04 Å². The van der Waals surface area contributed by atoms with Crippen LogP contribution in [0.4, 0.5) is 5.69 Å². The zero-order valence-electron chi connectivity index (χ0n) is 15.6. The molecule has 140 valence electrons. The molecule has 5 nitrogen and oxygen atoms in total. The van der Waals surface area contributed by atoms with E-state index in [1.807, 2.05) is 37.3 Å². The third kappa shape index (κ3) is 4.11. The van der Waals surface area contributed by atoms with Crippen LogP contribution in [-0.2, 0) is 16.6 Å². The molecule has 1 heterocycles. The summed E-state index contributed by atoms with van der Waals surface area (Å²) >= 11 is 0. The van der Waals surface area contributed by atoms with Gasteiger partial charge in [-0.15, -0.1) is 0 Å².